The van der Waals surface area contributed by atoms with E-state index in [4.69, 9.17) is 4.74 Å². The summed E-state index contributed by atoms with van der Waals surface area (Å²) in [5, 5.41) is 10.1. The maximum absolute atomic E-state index is 9.22. The third-order valence-corrected chi connectivity index (χ3v) is 3.38. The van der Waals surface area contributed by atoms with Gasteiger partial charge in [-0.15, -0.1) is 0 Å². The van der Waals surface area contributed by atoms with Crippen molar-refractivity contribution in [2.75, 3.05) is 0 Å². The third kappa shape index (κ3) is 2.49. The van der Waals surface area contributed by atoms with Gasteiger partial charge < -0.3 is 4.74 Å². The van der Waals surface area contributed by atoms with E-state index in [9.17, 15) is 5.26 Å². The summed E-state index contributed by atoms with van der Waals surface area (Å²) in [5.74, 6) is 1.10. The van der Waals surface area contributed by atoms with Crippen LogP contribution in [0.2, 0.25) is 0 Å². The van der Waals surface area contributed by atoms with E-state index in [0.29, 0.717) is 17.2 Å². The minimum absolute atomic E-state index is 0.419. The maximum atomic E-state index is 9.22. The Bertz CT molecular complexity index is 807. The van der Waals surface area contributed by atoms with Gasteiger partial charge in [0.1, 0.15) is 11.8 Å². The molecule has 0 aliphatic rings. The summed E-state index contributed by atoms with van der Waals surface area (Å²) in [7, 11) is 0. The molecule has 0 saturated carbocycles. The van der Waals surface area contributed by atoms with E-state index in [1.165, 1.54) is 0 Å². The number of ether oxygens (including phenoxy) is 1. The highest BCUT2D eigenvalue weighted by atomic mass is 79.9. The second-order valence-electron chi connectivity index (χ2n) is 4.19. The van der Waals surface area contributed by atoms with Crippen molar-refractivity contribution in [2.45, 2.75) is 0 Å². The Kier molecular flexibility index (Phi) is 3.36. The second kappa shape index (κ2) is 5.32. The maximum Gasteiger partial charge on any atom is 0.221 e. The number of benzene rings is 2. The number of fused-ring (bicyclic) bond motifs is 1. The number of nitrogens with zero attached hydrogens (tertiary/aromatic N) is 2. The van der Waals surface area contributed by atoms with E-state index in [1.54, 1.807) is 6.07 Å². The average Bonchev–Trinajstić information content (AvgIpc) is 2.49. The molecule has 0 unspecified atom stereocenters. The zero-order valence-corrected chi connectivity index (χ0v) is 12.0. The lowest BCUT2D eigenvalue weighted by atomic mass is 10.1. The molecule has 1 heterocycles. The first-order valence-corrected chi connectivity index (χ1v) is 6.79. The van der Waals surface area contributed by atoms with Gasteiger partial charge in [-0.1, -0.05) is 34.1 Å². The number of aromatic nitrogens is 1. The highest BCUT2D eigenvalue weighted by Gasteiger charge is 2.06. The molecular weight excluding hydrogens is 316 g/mol. The molecule has 3 aromatic rings. The molecule has 20 heavy (non-hydrogen) atoms. The lowest BCUT2D eigenvalue weighted by Crippen LogP contribution is -1.91. The van der Waals surface area contributed by atoms with Crippen LogP contribution in [0.5, 0.6) is 11.6 Å². The fourth-order valence-electron chi connectivity index (χ4n) is 1.92. The molecule has 3 rings (SSSR count). The van der Waals surface area contributed by atoms with Crippen LogP contribution in [0.1, 0.15) is 5.56 Å². The van der Waals surface area contributed by atoms with Crippen LogP contribution in [0.15, 0.2) is 59.1 Å². The van der Waals surface area contributed by atoms with Crippen molar-refractivity contribution in [3.63, 3.8) is 0 Å². The third-order valence-electron chi connectivity index (χ3n) is 2.85. The van der Waals surface area contributed by atoms with Crippen LogP contribution in [0.4, 0.5) is 0 Å². The fourth-order valence-corrected chi connectivity index (χ4v) is 2.18. The summed E-state index contributed by atoms with van der Waals surface area (Å²) in [4.78, 5) is 4.42. The molecule has 0 spiro atoms. The summed E-state index contributed by atoms with van der Waals surface area (Å²) in [5.41, 5.74) is 1.31. The van der Waals surface area contributed by atoms with Crippen LogP contribution in [0.25, 0.3) is 10.9 Å². The molecular formula is C16H9BrN2O. The quantitative estimate of drug-likeness (QED) is 0.688. The molecule has 0 fully saturated rings. The highest BCUT2D eigenvalue weighted by Crippen LogP contribution is 2.26. The summed E-state index contributed by atoms with van der Waals surface area (Å²) < 4.78 is 6.68. The Morgan fingerprint density at radius 1 is 1.05 bits per heavy atom. The van der Waals surface area contributed by atoms with E-state index in [1.807, 2.05) is 48.5 Å². The molecule has 2 aromatic carbocycles. The first-order valence-electron chi connectivity index (χ1n) is 5.99. The molecule has 1 aromatic heterocycles. The van der Waals surface area contributed by atoms with Crippen molar-refractivity contribution in [1.82, 2.24) is 4.98 Å². The average molecular weight is 325 g/mol. The van der Waals surface area contributed by atoms with Crippen molar-refractivity contribution >= 4 is 26.8 Å². The van der Waals surface area contributed by atoms with Gasteiger partial charge in [0.05, 0.1) is 11.1 Å². The predicted molar refractivity (Wildman–Crippen MR) is 80.7 cm³/mol. The normalized spacial score (nSPS) is 10.2. The van der Waals surface area contributed by atoms with Crippen molar-refractivity contribution in [3.05, 3.63) is 64.6 Å². The Morgan fingerprint density at radius 3 is 2.55 bits per heavy atom. The number of halogens is 1. The Labute approximate surface area is 124 Å². The molecule has 0 bridgehead atoms. The molecule has 0 atom stereocenters. The Morgan fingerprint density at radius 2 is 1.80 bits per heavy atom. The molecule has 3 nitrogen and oxygen atoms in total. The van der Waals surface area contributed by atoms with E-state index in [0.717, 1.165) is 15.4 Å². The Hall–Kier alpha value is -2.38. The van der Waals surface area contributed by atoms with Crippen LogP contribution in [0.3, 0.4) is 0 Å². The number of hydrogen-bond donors (Lipinski definition) is 0. The number of para-hydroxylation sites is 1. The number of nitriles is 1. The van der Waals surface area contributed by atoms with Gasteiger partial charge in [-0.3, -0.25) is 0 Å². The van der Waals surface area contributed by atoms with Crippen LogP contribution >= 0.6 is 15.9 Å². The van der Waals surface area contributed by atoms with Crippen LogP contribution in [0, 0.1) is 11.3 Å². The molecule has 0 aliphatic carbocycles. The van der Waals surface area contributed by atoms with Crippen LogP contribution < -0.4 is 4.74 Å². The van der Waals surface area contributed by atoms with Crippen molar-refractivity contribution in [2.24, 2.45) is 0 Å². The molecule has 4 heteroatoms. The van der Waals surface area contributed by atoms with E-state index >= 15 is 0 Å². The van der Waals surface area contributed by atoms with Gasteiger partial charge in [0.25, 0.3) is 0 Å². The van der Waals surface area contributed by atoms with Gasteiger partial charge in [-0.25, -0.2) is 4.98 Å². The highest BCUT2D eigenvalue weighted by molar-refractivity contribution is 9.10. The molecule has 0 N–H and O–H groups in total. The van der Waals surface area contributed by atoms with Gasteiger partial charge in [-0.2, -0.15) is 5.26 Å². The number of hydrogen-bond acceptors (Lipinski definition) is 3. The van der Waals surface area contributed by atoms with Gasteiger partial charge in [0, 0.05) is 15.9 Å². The molecule has 0 saturated heterocycles. The molecule has 96 valence electrons. The standard InChI is InChI=1S/C16H9BrN2O/c17-12-5-7-13(8-6-12)20-16-9-11(10-18)14-3-1-2-4-15(14)19-16/h1-9H. The monoisotopic (exact) mass is 324 g/mol. The first-order chi connectivity index (χ1) is 9.76. The largest absolute Gasteiger partial charge is 0.439 e. The van der Waals surface area contributed by atoms with E-state index in [-0.39, 0.29) is 0 Å². The zero-order valence-electron chi connectivity index (χ0n) is 10.4. The summed E-state index contributed by atoms with van der Waals surface area (Å²) in [6.45, 7) is 0. The Balaban J connectivity index is 2.04. The van der Waals surface area contributed by atoms with Crippen LogP contribution in [-0.2, 0) is 0 Å². The van der Waals surface area contributed by atoms with E-state index in [2.05, 4.69) is 27.0 Å². The second-order valence-corrected chi connectivity index (χ2v) is 5.11. The predicted octanol–water partition coefficient (Wildman–Crippen LogP) is 4.66. The molecule has 0 aliphatic heterocycles. The molecule has 0 amide bonds. The number of rotatable bonds is 2. The first kappa shape index (κ1) is 12.6. The molecule has 0 radical (unpaired) electrons. The zero-order chi connectivity index (χ0) is 13.9. The van der Waals surface area contributed by atoms with Gasteiger partial charge in [-0.05, 0) is 30.3 Å². The van der Waals surface area contributed by atoms with Crippen LogP contribution in [-0.4, -0.2) is 4.98 Å². The fraction of sp³-hybridized carbons (Fsp3) is 0. The minimum Gasteiger partial charge on any atom is -0.439 e. The smallest absolute Gasteiger partial charge is 0.221 e. The SMILES string of the molecule is N#Cc1cc(Oc2ccc(Br)cc2)nc2ccccc12. The van der Waals surface area contributed by atoms with Gasteiger partial charge >= 0.3 is 0 Å². The lowest BCUT2D eigenvalue weighted by molar-refractivity contribution is 0.465. The van der Waals surface area contributed by atoms with Gasteiger partial charge in [0.2, 0.25) is 5.88 Å². The van der Waals surface area contributed by atoms with Crippen molar-refractivity contribution < 1.29 is 4.74 Å². The topological polar surface area (TPSA) is 45.9 Å². The van der Waals surface area contributed by atoms with E-state index < -0.39 is 0 Å². The minimum atomic E-state index is 0.419. The lowest BCUT2D eigenvalue weighted by Gasteiger charge is -2.07. The van der Waals surface area contributed by atoms with Crippen molar-refractivity contribution in [1.29, 1.82) is 5.26 Å². The summed E-state index contributed by atoms with van der Waals surface area (Å²) >= 11 is 3.37. The number of pyridine rings is 1. The van der Waals surface area contributed by atoms with Crippen molar-refractivity contribution in [3.8, 4) is 17.7 Å². The summed E-state index contributed by atoms with van der Waals surface area (Å²) in [6.07, 6.45) is 0. The van der Waals surface area contributed by atoms with Gasteiger partial charge in [0.15, 0.2) is 0 Å². The summed E-state index contributed by atoms with van der Waals surface area (Å²) in [6, 6.07) is 18.8.